The molecule has 2 aromatic heterocycles. The second-order valence-corrected chi connectivity index (χ2v) is 3.33. The molecule has 84 valence electrons. The molecule has 0 saturated carbocycles. The third kappa shape index (κ3) is 2.10. The van der Waals surface area contributed by atoms with Gasteiger partial charge in [-0.1, -0.05) is 0 Å². The molecule has 0 aliphatic heterocycles. The van der Waals surface area contributed by atoms with Crippen LogP contribution in [0.2, 0.25) is 0 Å². The Morgan fingerprint density at radius 3 is 3.12 bits per heavy atom. The van der Waals surface area contributed by atoms with Crippen LogP contribution in [0.25, 0.3) is 0 Å². The van der Waals surface area contributed by atoms with Gasteiger partial charge >= 0.3 is 0 Å². The van der Waals surface area contributed by atoms with Gasteiger partial charge in [0.25, 0.3) is 5.56 Å². The summed E-state index contributed by atoms with van der Waals surface area (Å²) in [6.45, 7) is 3.09. The number of hydrogen-bond acceptors (Lipinski definition) is 4. The monoisotopic (exact) mass is 219 g/mol. The first kappa shape index (κ1) is 10.4. The number of nitrogens with zero attached hydrogens (tertiary/aromatic N) is 3. The molecule has 16 heavy (non-hydrogen) atoms. The number of H-pyrrole nitrogens is 1. The van der Waals surface area contributed by atoms with Gasteiger partial charge in [-0.3, -0.25) is 9.89 Å². The minimum Gasteiger partial charge on any atom is -0.361 e. The second-order valence-electron chi connectivity index (χ2n) is 3.33. The lowest BCUT2D eigenvalue weighted by Crippen LogP contribution is -2.23. The van der Waals surface area contributed by atoms with Crippen molar-refractivity contribution in [2.45, 2.75) is 20.0 Å². The van der Waals surface area contributed by atoms with Crippen molar-refractivity contribution in [3.8, 4) is 0 Å². The van der Waals surface area contributed by atoms with E-state index in [4.69, 9.17) is 0 Å². The summed E-state index contributed by atoms with van der Waals surface area (Å²) in [6.07, 6.45) is 6.76. The summed E-state index contributed by atoms with van der Waals surface area (Å²) >= 11 is 0. The van der Waals surface area contributed by atoms with Crippen molar-refractivity contribution in [2.75, 3.05) is 5.32 Å². The molecule has 0 aliphatic rings. The molecule has 0 radical (unpaired) electrons. The number of aryl methyl sites for hydroxylation is 1. The van der Waals surface area contributed by atoms with Crippen molar-refractivity contribution in [2.24, 2.45) is 0 Å². The minimum absolute atomic E-state index is 0.103. The lowest BCUT2D eigenvalue weighted by Gasteiger charge is -2.05. The molecule has 0 unspecified atom stereocenters. The normalized spacial score (nSPS) is 10.3. The fourth-order valence-electron chi connectivity index (χ4n) is 1.38. The van der Waals surface area contributed by atoms with Crippen LogP contribution in [-0.4, -0.2) is 19.7 Å². The first-order valence-electron chi connectivity index (χ1n) is 5.08. The standard InChI is InChI=1S/C10H13N5O/c1-2-15-4-3-11-9(10(15)16)12-5-8-6-13-14-7-8/h3-4,6-7H,2,5H2,1H3,(H,11,12)(H,13,14). The van der Waals surface area contributed by atoms with Gasteiger partial charge in [-0.2, -0.15) is 5.10 Å². The number of aromatic nitrogens is 4. The number of nitrogens with one attached hydrogen (secondary N) is 2. The minimum atomic E-state index is -0.103. The molecule has 0 amide bonds. The Balaban J connectivity index is 2.13. The van der Waals surface area contributed by atoms with E-state index >= 15 is 0 Å². The van der Waals surface area contributed by atoms with Crippen LogP contribution in [0.5, 0.6) is 0 Å². The second kappa shape index (κ2) is 4.61. The van der Waals surface area contributed by atoms with Crippen molar-refractivity contribution in [1.82, 2.24) is 19.7 Å². The smallest absolute Gasteiger partial charge is 0.293 e. The maximum Gasteiger partial charge on any atom is 0.293 e. The Bertz CT molecular complexity index is 502. The first-order chi connectivity index (χ1) is 7.81. The van der Waals surface area contributed by atoms with Crippen molar-refractivity contribution in [3.05, 3.63) is 40.7 Å². The number of aromatic amines is 1. The Kier molecular flexibility index (Phi) is 3.00. The van der Waals surface area contributed by atoms with Crippen LogP contribution in [-0.2, 0) is 13.1 Å². The van der Waals surface area contributed by atoms with E-state index in [1.807, 2.05) is 6.92 Å². The maximum atomic E-state index is 11.8. The van der Waals surface area contributed by atoms with Gasteiger partial charge in [-0.25, -0.2) is 4.98 Å². The zero-order chi connectivity index (χ0) is 11.4. The van der Waals surface area contributed by atoms with E-state index in [2.05, 4.69) is 20.5 Å². The number of hydrogen-bond donors (Lipinski definition) is 2. The van der Waals surface area contributed by atoms with Gasteiger partial charge in [0.2, 0.25) is 0 Å². The van der Waals surface area contributed by atoms with Gasteiger partial charge < -0.3 is 9.88 Å². The van der Waals surface area contributed by atoms with Crippen LogP contribution < -0.4 is 10.9 Å². The molecule has 0 aromatic carbocycles. The Labute approximate surface area is 92.3 Å². The quantitative estimate of drug-likeness (QED) is 0.789. The van der Waals surface area contributed by atoms with E-state index in [0.29, 0.717) is 18.9 Å². The van der Waals surface area contributed by atoms with Crippen molar-refractivity contribution >= 4 is 5.82 Å². The molecule has 0 fully saturated rings. The van der Waals surface area contributed by atoms with E-state index in [9.17, 15) is 4.79 Å². The number of anilines is 1. The summed E-state index contributed by atoms with van der Waals surface area (Å²) in [5, 5.41) is 9.52. The van der Waals surface area contributed by atoms with Crippen molar-refractivity contribution in [3.63, 3.8) is 0 Å². The van der Waals surface area contributed by atoms with Crippen LogP contribution >= 0.6 is 0 Å². The SMILES string of the molecule is CCn1ccnc(NCc2cn[nH]c2)c1=O. The van der Waals surface area contributed by atoms with E-state index in [0.717, 1.165) is 5.56 Å². The molecule has 0 saturated heterocycles. The molecular weight excluding hydrogens is 206 g/mol. The molecule has 0 aliphatic carbocycles. The average Bonchev–Trinajstić information content (AvgIpc) is 2.81. The summed E-state index contributed by atoms with van der Waals surface area (Å²) < 4.78 is 1.60. The Morgan fingerprint density at radius 1 is 1.56 bits per heavy atom. The van der Waals surface area contributed by atoms with E-state index in [-0.39, 0.29) is 5.56 Å². The lowest BCUT2D eigenvalue weighted by atomic mass is 10.3. The average molecular weight is 219 g/mol. The highest BCUT2D eigenvalue weighted by atomic mass is 16.1. The summed E-state index contributed by atoms with van der Waals surface area (Å²) in [5.74, 6) is 0.366. The topological polar surface area (TPSA) is 75.6 Å². The Morgan fingerprint density at radius 2 is 2.44 bits per heavy atom. The fourth-order valence-corrected chi connectivity index (χ4v) is 1.38. The van der Waals surface area contributed by atoms with Gasteiger partial charge in [0, 0.05) is 37.2 Å². The predicted octanol–water partition coefficient (Wildman–Crippen LogP) is 0.598. The van der Waals surface area contributed by atoms with Crippen molar-refractivity contribution < 1.29 is 0 Å². The van der Waals surface area contributed by atoms with Gasteiger partial charge in [0.05, 0.1) is 6.20 Å². The van der Waals surface area contributed by atoms with Crippen molar-refractivity contribution in [1.29, 1.82) is 0 Å². The van der Waals surface area contributed by atoms with Gasteiger partial charge in [-0.15, -0.1) is 0 Å². The largest absolute Gasteiger partial charge is 0.361 e. The summed E-state index contributed by atoms with van der Waals surface area (Å²) in [6, 6.07) is 0. The molecule has 2 N–H and O–H groups in total. The highest BCUT2D eigenvalue weighted by molar-refractivity contribution is 5.31. The zero-order valence-electron chi connectivity index (χ0n) is 8.97. The molecule has 0 atom stereocenters. The van der Waals surface area contributed by atoms with Crippen LogP contribution in [0.1, 0.15) is 12.5 Å². The van der Waals surface area contributed by atoms with E-state index in [1.165, 1.54) is 0 Å². The number of rotatable bonds is 4. The van der Waals surface area contributed by atoms with Gasteiger partial charge in [0.1, 0.15) is 0 Å². The van der Waals surface area contributed by atoms with Crippen LogP contribution in [0.4, 0.5) is 5.82 Å². The molecule has 6 heteroatoms. The molecule has 0 bridgehead atoms. The summed E-state index contributed by atoms with van der Waals surface area (Å²) in [7, 11) is 0. The van der Waals surface area contributed by atoms with E-state index in [1.54, 1.807) is 29.4 Å². The lowest BCUT2D eigenvalue weighted by molar-refractivity contribution is 0.718. The summed E-state index contributed by atoms with van der Waals surface area (Å²) in [4.78, 5) is 15.8. The van der Waals surface area contributed by atoms with E-state index < -0.39 is 0 Å². The maximum absolute atomic E-state index is 11.8. The third-order valence-electron chi connectivity index (χ3n) is 2.27. The molecular formula is C10H13N5O. The molecule has 0 spiro atoms. The van der Waals surface area contributed by atoms with Gasteiger partial charge in [0.15, 0.2) is 5.82 Å². The van der Waals surface area contributed by atoms with Gasteiger partial charge in [-0.05, 0) is 6.92 Å². The fraction of sp³-hybridized carbons (Fsp3) is 0.300. The first-order valence-corrected chi connectivity index (χ1v) is 5.08. The van der Waals surface area contributed by atoms with Crippen LogP contribution in [0.15, 0.2) is 29.6 Å². The zero-order valence-corrected chi connectivity index (χ0v) is 8.97. The molecule has 2 rings (SSSR count). The molecule has 6 nitrogen and oxygen atoms in total. The predicted molar refractivity (Wildman–Crippen MR) is 60.1 cm³/mol. The highest BCUT2D eigenvalue weighted by Crippen LogP contribution is 1.99. The third-order valence-corrected chi connectivity index (χ3v) is 2.27. The van der Waals surface area contributed by atoms with Crippen LogP contribution in [0.3, 0.4) is 0 Å². The highest BCUT2D eigenvalue weighted by Gasteiger charge is 2.03. The molecule has 2 aromatic rings. The van der Waals surface area contributed by atoms with Crippen LogP contribution in [0, 0.1) is 0 Å². The molecule has 2 heterocycles. The Hall–Kier alpha value is -2.11. The summed E-state index contributed by atoms with van der Waals surface area (Å²) in [5.41, 5.74) is 0.876.